The van der Waals surface area contributed by atoms with E-state index in [1.807, 2.05) is 61.6 Å². The molecular formula is C17H20N2O2. The minimum Gasteiger partial charge on any atom is -0.455 e. The van der Waals surface area contributed by atoms with Crippen LogP contribution in [0, 0.1) is 0 Å². The number of nitrogens with one attached hydrogen (secondary N) is 2. The van der Waals surface area contributed by atoms with Gasteiger partial charge in [0.25, 0.3) is 0 Å². The molecule has 21 heavy (non-hydrogen) atoms. The molecule has 0 aliphatic heterocycles. The lowest BCUT2D eigenvalue weighted by molar-refractivity contribution is -0.116. The van der Waals surface area contributed by atoms with Crippen molar-refractivity contribution in [3.05, 3.63) is 54.6 Å². The summed E-state index contributed by atoms with van der Waals surface area (Å²) < 4.78 is 5.81. The second-order valence-electron chi connectivity index (χ2n) is 4.67. The molecule has 0 radical (unpaired) electrons. The lowest BCUT2D eigenvalue weighted by Gasteiger charge is -2.12. The Bertz CT molecular complexity index is 570. The summed E-state index contributed by atoms with van der Waals surface area (Å²) in [4.78, 5) is 11.9. The molecule has 0 heterocycles. The minimum atomic E-state index is -0.00522. The zero-order valence-corrected chi connectivity index (χ0v) is 12.1. The van der Waals surface area contributed by atoms with Crippen molar-refractivity contribution in [1.82, 2.24) is 5.32 Å². The maximum atomic E-state index is 11.9. The molecule has 2 rings (SSSR count). The predicted molar refractivity (Wildman–Crippen MR) is 84.7 cm³/mol. The molecule has 0 aromatic heterocycles. The van der Waals surface area contributed by atoms with Crippen LogP contribution in [0.25, 0.3) is 0 Å². The highest BCUT2D eigenvalue weighted by atomic mass is 16.5. The number of hydrogen-bond acceptors (Lipinski definition) is 3. The molecular weight excluding hydrogens is 264 g/mol. The number of carbonyl (C=O) groups excluding carboxylic acids is 1. The van der Waals surface area contributed by atoms with Crippen LogP contribution in [0.3, 0.4) is 0 Å². The fourth-order valence-electron chi connectivity index (χ4n) is 1.91. The molecule has 4 nitrogen and oxygen atoms in total. The van der Waals surface area contributed by atoms with Gasteiger partial charge in [-0.1, -0.05) is 30.3 Å². The van der Waals surface area contributed by atoms with Gasteiger partial charge in [0.1, 0.15) is 5.75 Å². The van der Waals surface area contributed by atoms with E-state index in [2.05, 4.69) is 10.6 Å². The van der Waals surface area contributed by atoms with Gasteiger partial charge in [-0.05, 0) is 44.3 Å². The molecule has 0 saturated carbocycles. The number of hydrogen-bond donors (Lipinski definition) is 2. The standard InChI is InChI=1S/C17H20N2O2/c1-18-13-7-12-17(20)19-15-10-5-6-11-16(15)21-14-8-3-2-4-9-14/h2-6,8-11,18H,7,12-13H2,1H3,(H,19,20). The van der Waals surface area contributed by atoms with Gasteiger partial charge in [-0.3, -0.25) is 4.79 Å². The number of anilines is 1. The predicted octanol–water partition coefficient (Wildman–Crippen LogP) is 3.42. The highest BCUT2D eigenvalue weighted by Gasteiger charge is 2.08. The topological polar surface area (TPSA) is 50.4 Å². The van der Waals surface area contributed by atoms with Crippen molar-refractivity contribution in [3.8, 4) is 11.5 Å². The molecule has 0 fully saturated rings. The van der Waals surface area contributed by atoms with Gasteiger partial charge >= 0.3 is 0 Å². The van der Waals surface area contributed by atoms with Crippen molar-refractivity contribution in [2.45, 2.75) is 12.8 Å². The van der Waals surface area contributed by atoms with Gasteiger partial charge in [-0.2, -0.15) is 0 Å². The molecule has 110 valence electrons. The first kappa shape index (κ1) is 15.1. The van der Waals surface area contributed by atoms with E-state index in [0.29, 0.717) is 17.9 Å². The van der Waals surface area contributed by atoms with Crippen LogP contribution in [0.4, 0.5) is 5.69 Å². The van der Waals surface area contributed by atoms with E-state index in [1.165, 1.54) is 0 Å². The first-order valence-corrected chi connectivity index (χ1v) is 7.06. The second kappa shape index (κ2) is 8.07. The molecule has 0 aliphatic rings. The number of amides is 1. The van der Waals surface area contributed by atoms with Gasteiger partial charge in [0, 0.05) is 6.42 Å². The van der Waals surface area contributed by atoms with Gasteiger partial charge < -0.3 is 15.4 Å². The molecule has 2 N–H and O–H groups in total. The van der Waals surface area contributed by atoms with Crippen molar-refractivity contribution in [3.63, 3.8) is 0 Å². The highest BCUT2D eigenvalue weighted by molar-refractivity contribution is 5.92. The molecule has 1 amide bonds. The van der Waals surface area contributed by atoms with E-state index in [-0.39, 0.29) is 5.91 Å². The third-order valence-electron chi connectivity index (χ3n) is 2.96. The summed E-state index contributed by atoms with van der Waals surface area (Å²) in [6.45, 7) is 0.829. The Morgan fingerprint density at radius 2 is 1.76 bits per heavy atom. The summed E-state index contributed by atoms with van der Waals surface area (Å²) in [7, 11) is 1.88. The summed E-state index contributed by atoms with van der Waals surface area (Å²) in [5, 5.41) is 5.92. The van der Waals surface area contributed by atoms with Crippen molar-refractivity contribution >= 4 is 11.6 Å². The fourth-order valence-corrected chi connectivity index (χ4v) is 1.91. The maximum absolute atomic E-state index is 11.9. The summed E-state index contributed by atoms with van der Waals surface area (Å²) in [5.41, 5.74) is 0.691. The van der Waals surface area contributed by atoms with E-state index in [0.717, 1.165) is 18.7 Å². The first-order chi connectivity index (χ1) is 10.3. The Hall–Kier alpha value is -2.33. The van der Waals surface area contributed by atoms with Gasteiger partial charge in [0.2, 0.25) is 5.91 Å². The van der Waals surface area contributed by atoms with Gasteiger partial charge in [0.15, 0.2) is 5.75 Å². The van der Waals surface area contributed by atoms with Crippen LogP contribution in [0.2, 0.25) is 0 Å². The van der Waals surface area contributed by atoms with Gasteiger partial charge in [0.05, 0.1) is 5.69 Å². The Morgan fingerprint density at radius 3 is 2.52 bits per heavy atom. The van der Waals surface area contributed by atoms with Crippen LogP contribution >= 0.6 is 0 Å². The third kappa shape index (κ3) is 4.93. The van der Waals surface area contributed by atoms with Crippen LogP contribution in [-0.4, -0.2) is 19.5 Å². The van der Waals surface area contributed by atoms with Crippen molar-refractivity contribution in [2.75, 3.05) is 18.9 Å². The number of benzene rings is 2. The second-order valence-corrected chi connectivity index (χ2v) is 4.67. The highest BCUT2D eigenvalue weighted by Crippen LogP contribution is 2.29. The molecule has 0 bridgehead atoms. The first-order valence-electron chi connectivity index (χ1n) is 7.06. The number of rotatable bonds is 7. The lowest BCUT2D eigenvalue weighted by Crippen LogP contribution is -2.15. The van der Waals surface area contributed by atoms with Crippen LogP contribution in [0.1, 0.15) is 12.8 Å². The number of ether oxygens (including phenoxy) is 1. The molecule has 0 spiro atoms. The molecule has 0 unspecified atom stereocenters. The Kier molecular flexibility index (Phi) is 5.79. The van der Waals surface area contributed by atoms with E-state index in [9.17, 15) is 4.79 Å². The van der Waals surface area contributed by atoms with Crippen molar-refractivity contribution < 1.29 is 9.53 Å². The average Bonchev–Trinajstić information content (AvgIpc) is 2.51. The number of para-hydroxylation sites is 3. The summed E-state index contributed by atoms with van der Waals surface area (Å²) in [5.74, 6) is 1.38. The summed E-state index contributed by atoms with van der Waals surface area (Å²) in [6, 6.07) is 17.0. The third-order valence-corrected chi connectivity index (χ3v) is 2.96. The molecule has 4 heteroatoms. The van der Waals surface area contributed by atoms with E-state index >= 15 is 0 Å². The van der Waals surface area contributed by atoms with E-state index in [4.69, 9.17) is 4.74 Å². The zero-order chi connectivity index (χ0) is 14.9. The number of carbonyl (C=O) groups is 1. The molecule has 2 aromatic rings. The fraction of sp³-hybridized carbons (Fsp3) is 0.235. The monoisotopic (exact) mass is 284 g/mol. The van der Waals surface area contributed by atoms with Crippen molar-refractivity contribution in [1.29, 1.82) is 0 Å². The van der Waals surface area contributed by atoms with Crippen LogP contribution in [-0.2, 0) is 4.79 Å². The zero-order valence-electron chi connectivity index (χ0n) is 12.1. The largest absolute Gasteiger partial charge is 0.455 e. The average molecular weight is 284 g/mol. The van der Waals surface area contributed by atoms with E-state index in [1.54, 1.807) is 0 Å². The Morgan fingerprint density at radius 1 is 1.05 bits per heavy atom. The maximum Gasteiger partial charge on any atom is 0.224 e. The molecule has 0 atom stereocenters. The van der Waals surface area contributed by atoms with Gasteiger partial charge in [-0.15, -0.1) is 0 Å². The Labute approximate surface area is 125 Å². The normalized spacial score (nSPS) is 10.1. The quantitative estimate of drug-likeness (QED) is 0.766. The minimum absolute atomic E-state index is 0.00522. The summed E-state index contributed by atoms with van der Waals surface area (Å²) in [6.07, 6.45) is 1.30. The van der Waals surface area contributed by atoms with Crippen molar-refractivity contribution in [2.24, 2.45) is 0 Å². The van der Waals surface area contributed by atoms with Crippen LogP contribution in [0.5, 0.6) is 11.5 Å². The van der Waals surface area contributed by atoms with Gasteiger partial charge in [-0.25, -0.2) is 0 Å². The smallest absolute Gasteiger partial charge is 0.224 e. The lowest BCUT2D eigenvalue weighted by atomic mass is 10.2. The SMILES string of the molecule is CNCCCC(=O)Nc1ccccc1Oc1ccccc1. The summed E-state index contributed by atoms with van der Waals surface area (Å²) >= 11 is 0. The molecule has 0 saturated heterocycles. The molecule has 2 aromatic carbocycles. The Balaban J connectivity index is 2.01. The van der Waals surface area contributed by atoms with E-state index < -0.39 is 0 Å². The van der Waals surface area contributed by atoms with Crippen LogP contribution in [0.15, 0.2) is 54.6 Å². The van der Waals surface area contributed by atoms with Crippen LogP contribution < -0.4 is 15.4 Å². The molecule has 0 aliphatic carbocycles.